The van der Waals surface area contributed by atoms with E-state index in [1.165, 1.54) is 29.2 Å². The lowest BCUT2D eigenvalue weighted by atomic mass is 9.49. The summed E-state index contributed by atoms with van der Waals surface area (Å²) in [5.41, 5.74) is 3.21. The Kier molecular flexibility index (Phi) is 9.00. The van der Waals surface area contributed by atoms with Gasteiger partial charge in [-0.3, -0.25) is 34.3 Å². The highest BCUT2D eigenvalue weighted by Gasteiger charge is 2.70. The Morgan fingerprint density at radius 2 is 1.61 bits per heavy atom. The lowest BCUT2D eigenvalue weighted by molar-refractivity contribution is -0.141. The third-order valence-electron chi connectivity index (χ3n) is 11.9. The molecule has 0 aromatic heterocycles. The van der Waals surface area contributed by atoms with Crippen molar-refractivity contribution in [3.05, 3.63) is 119 Å². The van der Waals surface area contributed by atoms with Crippen LogP contribution in [0.25, 0.3) is 10.8 Å². The third kappa shape index (κ3) is 5.55. The van der Waals surface area contributed by atoms with E-state index in [9.17, 15) is 28.7 Å². The molecular formula is C42H37ClFN3O7. The Balaban J connectivity index is 1.28. The maximum atomic E-state index is 15.3. The minimum atomic E-state index is -1.63. The molecule has 4 amide bonds. The van der Waals surface area contributed by atoms with Crippen LogP contribution >= 0.6 is 11.6 Å². The quantitative estimate of drug-likeness (QED) is 0.0897. The Bertz CT molecular complexity index is 2240. The number of carboxylic acids is 1. The molecular weight excluding hydrogens is 713 g/mol. The summed E-state index contributed by atoms with van der Waals surface area (Å²) in [6.07, 6.45) is 3.64. The fraction of sp³-hybridized carbons (Fsp3) is 0.310. The van der Waals surface area contributed by atoms with Crippen molar-refractivity contribution in [1.29, 1.82) is 0 Å². The molecule has 54 heavy (non-hydrogen) atoms. The second-order valence-electron chi connectivity index (χ2n) is 14.6. The molecule has 4 aliphatic rings. The monoisotopic (exact) mass is 749 g/mol. The van der Waals surface area contributed by atoms with Crippen LogP contribution in [-0.2, 0) is 29.4 Å². The van der Waals surface area contributed by atoms with E-state index in [1.807, 2.05) is 24.3 Å². The normalized spacial score (nSPS) is 26.1. The molecule has 12 heteroatoms. The molecule has 4 aromatic rings. The number of rotatable bonds is 10. The van der Waals surface area contributed by atoms with Gasteiger partial charge in [0.2, 0.25) is 11.8 Å². The van der Waals surface area contributed by atoms with Gasteiger partial charge in [0.25, 0.3) is 11.8 Å². The van der Waals surface area contributed by atoms with Crippen molar-refractivity contribution in [3.8, 4) is 5.75 Å². The van der Waals surface area contributed by atoms with Crippen molar-refractivity contribution in [2.45, 2.75) is 49.9 Å². The number of aromatic hydroxyl groups is 1. The average molecular weight is 750 g/mol. The highest BCUT2D eigenvalue weighted by atomic mass is 35.5. The van der Waals surface area contributed by atoms with Gasteiger partial charge < -0.3 is 10.2 Å². The lowest BCUT2D eigenvalue weighted by Crippen LogP contribution is -2.53. The minimum absolute atomic E-state index is 0.00203. The predicted molar refractivity (Wildman–Crippen MR) is 197 cm³/mol. The smallest absolute Gasteiger partial charge is 0.303 e. The summed E-state index contributed by atoms with van der Waals surface area (Å²) in [5.74, 6) is -7.33. The molecule has 3 N–H and O–H groups in total. The molecule has 0 unspecified atom stereocenters. The van der Waals surface area contributed by atoms with Crippen LogP contribution in [0, 0.1) is 29.5 Å². The van der Waals surface area contributed by atoms with Crippen LogP contribution in [0.2, 0.25) is 5.02 Å². The molecule has 3 fully saturated rings. The number of benzene rings is 4. The molecule has 2 heterocycles. The molecule has 2 aliphatic carbocycles. The van der Waals surface area contributed by atoms with E-state index in [2.05, 4.69) is 5.43 Å². The van der Waals surface area contributed by atoms with E-state index in [0.29, 0.717) is 52.1 Å². The first-order valence-electron chi connectivity index (χ1n) is 18.2. The van der Waals surface area contributed by atoms with Crippen molar-refractivity contribution in [2.75, 3.05) is 12.0 Å². The summed E-state index contributed by atoms with van der Waals surface area (Å²) in [6.45, 7) is 0.159. The van der Waals surface area contributed by atoms with E-state index in [-0.39, 0.29) is 43.4 Å². The number of carboxylic acid groups (broad SMARTS) is 1. The van der Waals surface area contributed by atoms with Crippen LogP contribution in [0.1, 0.15) is 55.6 Å². The van der Waals surface area contributed by atoms with Crippen molar-refractivity contribution in [1.82, 2.24) is 9.91 Å². The number of nitrogens with zero attached hydrogens (tertiary/aromatic N) is 2. The summed E-state index contributed by atoms with van der Waals surface area (Å²) in [7, 11) is 0. The number of likely N-dealkylation sites (tertiary alicyclic amines) is 1. The minimum Gasteiger partial charge on any atom is -0.507 e. The Labute approximate surface area is 315 Å². The van der Waals surface area contributed by atoms with Crippen molar-refractivity contribution < 1.29 is 38.6 Å². The van der Waals surface area contributed by atoms with Crippen molar-refractivity contribution in [2.24, 2.45) is 23.7 Å². The molecule has 1 saturated carbocycles. The number of amides is 4. The molecule has 10 nitrogen and oxygen atoms in total. The second kappa shape index (κ2) is 13.7. The maximum Gasteiger partial charge on any atom is 0.303 e. The van der Waals surface area contributed by atoms with Crippen molar-refractivity contribution in [3.63, 3.8) is 0 Å². The van der Waals surface area contributed by atoms with E-state index in [4.69, 9.17) is 16.7 Å². The van der Waals surface area contributed by atoms with Gasteiger partial charge in [-0.25, -0.2) is 4.39 Å². The predicted octanol–water partition coefficient (Wildman–Crippen LogP) is 6.97. The largest absolute Gasteiger partial charge is 0.507 e. The number of nitrogens with one attached hydrogen (secondary N) is 1. The number of imide groups is 2. The number of allylic oxidation sites excluding steroid dienone is 2. The Morgan fingerprint density at radius 1 is 0.870 bits per heavy atom. The van der Waals surface area contributed by atoms with Gasteiger partial charge >= 0.3 is 5.97 Å². The van der Waals surface area contributed by atoms with Crippen LogP contribution in [0.15, 0.2) is 96.6 Å². The molecule has 2 aliphatic heterocycles. The maximum absolute atomic E-state index is 15.3. The van der Waals surface area contributed by atoms with Crippen LogP contribution in [0.5, 0.6) is 5.75 Å². The number of hydrogen-bond donors (Lipinski definition) is 3. The molecule has 0 bridgehead atoms. The number of anilines is 1. The van der Waals surface area contributed by atoms with E-state index in [0.717, 1.165) is 10.4 Å². The summed E-state index contributed by atoms with van der Waals surface area (Å²) >= 11 is 6.37. The van der Waals surface area contributed by atoms with Gasteiger partial charge in [-0.05, 0) is 78.9 Å². The fourth-order valence-corrected chi connectivity index (χ4v) is 9.64. The first-order valence-corrected chi connectivity index (χ1v) is 18.5. The first-order chi connectivity index (χ1) is 26.0. The summed E-state index contributed by atoms with van der Waals surface area (Å²) in [6, 6.07) is 22.9. The number of unbranched alkanes of at least 4 members (excludes halogenated alkanes) is 2. The lowest BCUT2D eigenvalue weighted by Gasteiger charge is -2.50. The number of aliphatic carboxylic acids is 1. The van der Waals surface area contributed by atoms with Gasteiger partial charge in [0.15, 0.2) is 0 Å². The summed E-state index contributed by atoms with van der Waals surface area (Å²) in [5, 5.41) is 23.8. The zero-order valence-corrected chi connectivity index (χ0v) is 29.8. The number of phenolic OH excluding ortho intramolecular Hbond substituents is 1. The summed E-state index contributed by atoms with van der Waals surface area (Å²) < 4.78 is 13.9. The zero-order valence-electron chi connectivity index (χ0n) is 29.1. The zero-order chi connectivity index (χ0) is 37.9. The van der Waals surface area contributed by atoms with Crippen LogP contribution < -0.4 is 5.43 Å². The Morgan fingerprint density at radius 3 is 2.35 bits per heavy atom. The highest BCUT2D eigenvalue weighted by molar-refractivity contribution is 6.30. The number of carbonyl (C=O) groups excluding carboxylic acids is 4. The van der Waals surface area contributed by atoms with Gasteiger partial charge in [-0.1, -0.05) is 78.2 Å². The molecule has 2 saturated heterocycles. The van der Waals surface area contributed by atoms with Gasteiger partial charge in [-0.2, -0.15) is 5.01 Å². The highest BCUT2D eigenvalue weighted by Crippen LogP contribution is 2.65. The van der Waals surface area contributed by atoms with E-state index >= 15 is 4.79 Å². The summed E-state index contributed by atoms with van der Waals surface area (Å²) in [4.78, 5) is 70.6. The van der Waals surface area contributed by atoms with E-state index < -0.39 is 58.6 Å². The number of hydrogen-bond acceptors (Lipinski definition) is 7. The molecule has 0 spiro atoms. The standard InChI is InChI=1S/C42H37ClFN3O7/c43-25-12-10-24(11-13-25)42-33(39(52)47(41(42)54)45-27-16-14-26(44)15-17-27)22-32-29(36(42)31-18-9-23-6-3-4-7-28(23)37(31)50)19-20-30-35(32)40(53)46(38(30)51)21-5-1-2-8-34(48)49/h3-4,6-7,9-19,30,32-33,35-36,45,50H,1-2,5,8,20-22H2,(H,48,49)/t30-,32+,33-,35-,36+,42+/m0/s1. The third-order valence-corrected chi connectivity index (χ3v) is 12.1. The molecule has 8 rings (SSSR count). The number of hydrazine groups is 1. The van der Waals surface area contributed by atoms with Gasteiger partial charge in [-0.15, -0.1) is 0 Å². The van der Waals surface area contributed by atoms with E-state index in [1.54, 1.807) is 42.5 Å². The van der Waals surface area contributed by atoms with Gasteiger partial charge in [0, 0.05) is 34.9 Å². The van der Waals surface area contributed by atoms with Crippen LogP contribution in [0.3, 0.4) is 0 Å². The molecule has 4 aromatic carbocycles. The van der Waals surface area contributed by atoms with Gasteiger partial charge in [0.1, 0.15) is 11.6 Å². The second-order valence-corrected chi connectivity index (χ2v) is 15.1. The molecule has 0 radical (unpaired) electrons. The SMILES string of the molecule is O=C(O)CCCCCN1C(=O)[C@H]2[C@H](CC=C3[C@H]2C[C@H]2C(=O)N(Nc4ccc(F)cc4)C(=O)[C@@]2(c2ccc(Cl)cc2)[C@H]3c2ccc3ccccc3c2O)C1=O. The number of phenols is 1. The average Bonchev–Trinajstić information content (AvgIpc) is 3.53. The Hall–Kier alpha value is -5.55. The fourth-order valence-electron chi connectivity index (χ4n) is 9.51. The van der Waals surface area contributed by atoms with Crippen LogP contribution in [0.4, 0.5) is 10.1 Å². The van der Waals surface area contributed by atoms with Crippen molar-refractivity contribution >= 4 is 57.7 Å². The molecule has 276 valence electrons. The number of fused-ring (bicyclic) bond motifs is 5. The topological polar surface area (TPSA) is 144 Å². The molecule has 6 atom stereocenters. The number of carbonyl (C=O) groups is 5. The first kappa shape index (κ1) is 35.5. The number of halogens is 2. The van der Waals surface area contributed by atoms with Gasteiger partial charge in [0.05, 0.1) is 28.9 Å². The van der Waals surface area contributed by atoms with Crippen LogP contribution in [-0.4, -0.2) is 56.3 Å².